The predicted molar refractivity (Wildman–Crippen MR) is 82.6 cm³/mol. The molecule has 6 heteroatoms. The molecule has 0 atom stereocenters. The van der Waals surface area contributed by atoms with Crippen molar-refractivity contribution in [3.8, 4) is 0 Å². The first-order valence-electron chi connectivity index (χ1n) is 7.75. The molecule has 1 aliphatic rings. The van der Waals surface area contributed by atoms with Gasteiger partial charge < -0.3 is 9.88 Å². The number of hydrogen-bond donors (Lipinski definition) is 1. The lowest BCUT2D eigenvalue weighted by atomic mass is 9.96. The van der Waals surface area contributed by atoms with Crippen LogP contribution in [0.4, 0.5) is 0 Å². The van der Waals surface area contributed by atoms with Gasteiger partial charge in [-0.05, 0) is 12.8 Å². The van der Waals surface area contributed by atoms with Gasteiger partial charge in [0, 0.05) is 49.7 Å². The van der Waals surface area contributed by atoms with E-state index in [1.165, 1.54) is 0 Å². The van der Waals surface area contributed by atoms with E-state index in [1.54, 1.807) is 18.6 Å². The molecule has 22 heavy (non-hydrogen) atoms. The molecule has 0 radical (unpaired) electrons. The van der Waals surface area contributed by atoms with Crippen LogP contribution < -0.4 is 0 Å². The summed E-state index contributed by atoms with van der Waals surface area (Å²) in [6, 6.07) is 0. The normalized spacial score (nSPS) is 16.2. The van der Waals surface area contributed by atoms with Crippen LogP contribution in [-0.2, 0) is 0 Å². The maximum Gasteiger partial charge on any atom is 0.256 e. The monoisotopic (exact) mass is 299 g/mol. The number of carbonyl (C=O) groups excluding carboxylic acids is 1. The Labute approximate surface area is 130 Å². The lowest BCUT2D eigenvalue weighted by Gasteiger charge is -2.31. The van der Waals surface area contributed by atoms with Crippen LogP contribution in [-0.4, -0.2) is 43.8 Å². The summed E-state index contributed by atoms with van der Waals surface area (Å²) in [6.45, 7) is 5.57. The second kappa shape index (κ2) is 6.25. The number of piperidine rings is 1. The summed E-state index contributed by atoms with van der Waals surface area (Å²) in [5.74, 6) is 2.50. The van der Waals surface area contributed by atoms with E-state index in [1.807, 2.05) is 24.9 Å². The van der Waals surface area contributed by atoms with E-state index < -0.39 is 0 Å². The lowest BCUT2D eigenvalue weighted by molar-refractivity contribution is 0.0710. The smallest absolute Gasteiger partial charge is 0.256 e. The number of H-pyrrole nitrogens is 1. The van der Waals surface area contributed by atoms with Crippen LogP contribution in [0.2, 0.25) is 0 Å². The van der Waals surface area contributed by atoms with Gasteiger partial charge in [0.15, 0.2) is 0 Å². The summed E-state index contributed by atoms with van der Waals surface area (Å²) in [5, 5.41) is 0. The molecule has 0 bridgehead atoms. The second-order valence-corrected chi connectivity index (χ2v) is 6.03. The molecule has 6 nitrogen and oxygen atoms in total. The molecular weight excluding hydrogens is 278 g/mol. The standard InChI is InChI=1S/C16H21N5O/c1-11(2)14-19-9-13(10-20-14)16(22)21-7-3-12(4-8-21)15-17-5-6-18-15/h5-6,9-12H,3-4,7-8H2,1-2H3,(H,17,18). The Morgan fingerprint density at radius 3 is 2.45 bits per heavy atom. The number of carbonyl (C=O) groups is 1. The number of amides is 1. The van der Waals surface area contributed by atoms with Gasteiger partial charge in [-0.15, -0.1) is 0 Å². The Morgan fingerprint density at radius 2 is 1.91 bits per heavy atom. The van der Waals surface area contributed by atoms with Crippen molar-refractivity contribution in [1.82, 2.24) is 24.8 Å². The summed E-state index contributed by atoms with van der Waals surface area (Å²) in [5.41, 5.74) is 0.570. The number of aromatic nitrogens is 4. The van der Waals surface area contributed by atoms with Crippen molar-refractivity contribution in [2.75, 3.05) is 13.1 Å². The first kappa shape index (κ1) is 14.7. The molecule has 0 aromatic carbocycles. The molecule has 1 amide bonds. The molecule has 1 N–H and O–H groups in total. The van der Waals surface area contributed by atoms with E-state index in [2.05, 4.69) is 19.9 Å². The molecule has 3 heterocycles. The fourth-order valence-electron chi connectivity index (χ4n) is 2.79. The summed E-state index contributed by atoms with van der Waals surface area (Å²) in [7, 11) is 0. The zero-order valence-corrected chi connectivity index (χ0v) is 13.0. The van der Waals surface area contributed by atoms with Gasteiger partial charge in [0.2, 0.25) is 0 Å². The van der Waals surface area contributed by atoms with E-state index in [0.29, 0.717) is 11.5 Å². The van der Waals surface area contributed by atoms with Crippen molar-refractivity contribution < 1.29 is 4.79 Å². The largest absolute Gasteiger partial charge is 0.348 e. The third-order valence-electron chi connectivity index (χ3n) is 4.12. The van der Waals surface area contributed by atoms with E-state index in [9.17, 15) is 4.79 Å². The molecule has 116 valence electrons. The van der Waals surface area contributed by atoms with Crippen LogP contribution in [0.3, 0.4) is 0 Å². The van der Waals surface area contributed by atoms with Gasteiger partial charge in [-0.25, -0.2) is 15.0 Å². The quantitative estimate of drug-likeness (QED) is 0.944. The minimum absolute atomic E-state index is 0.0215. The maximum atomic E-state index is 12.5. The fourth-order valence-corrected chi connectivity index (χ4v) is 2.79. The first-order valence-corrected chi connectivity index (χ1v) is 7.75. The van der Waals surface area contributed by atoms with E-state index >= 15 is 0 Å². The molecule has 1 aliphatic heterocycles. The molecule has 2 aromatic heterocycles. The number of rotatable bonds is 3. The zero-order chi connectivity index (χ0) is 15.5. The summed E-state index contributed by atoms with van der Waals surface area (Å²) in [6.07, 6.45) is 8.78. The van der Waals surface area contributed by atoms with Crippen molar-refractivity contribution in [2.24, 2.45) is 0 Å². The zero-order valence-electron chi connectivity index (χ0n) is 13.0. The van der Waals surface area contributed by atoms with Gasteiger partial charge in [-0.2, -0.15) is 0 Å². The van der Waals surface area contributed by atoms with Gasteiger partial charge in [0.1, 0.15) is 11.6 Å². The van der Waals surface area contributed by atoms with Crippen molar-refractivity contribution in [3.63, 3.8) is 0 Å². The highest BCUT2D eigenvalue weighted by Gasteiger charge is 2.26. The number of aromatic amines is 1. The van der Waals surface area contributed by atoms with E-state index in [4.69, 9.17) is 0 Å². The highest BCUT2D eigenvalue weighted by Crippen LogP contribution is 2.26. The van der Waals surface area contributed by atoms with Crippen LogP contribution in [0.25, 0.3) is 0 Å². The number of likely N-dealkylation sites (tertiary alicyclic amines) is 1. The van der Waals surface area contributed by atoms with Crippen LogP contribution in [0.5, 0.6) is 0 Å². The maximum absolute atomic E-state index is 12.5. The van der Waals surface area contributed by atoms with E-state index in [-0.39, 0.29) is 11.8 Å². The second-order valence-electron chi connectivity index (χ2n) is 6.03. The average molecular weight is 299 g/mol. The highest BCUT2D eigenvalue weighted by molar-refractivity contribution is 5.93. The predicted octanol–water partition coefficient (Wildman–Crippen LogP) is 2.34. The van der Waals surface area contributed by atoms with Crippen LogP contribution in [0.1, 0.15) is 60.5 Å². The van der Waals surface area contributed by atoms with Gasteiger partial charge in [-0.3, -0.25) is 4.79 Å². The minimum atomic E-state index is 0.0215. The number of hydrogen-bond acceptors (Lipinski definition) is 4. The molecule has 0 saturated carbocycles. The molecule has 0 spiro atoms. The molecule has 3 rings (SSSR count). The van der Waals surface area contributed by atoms with Crippen molar-refractivity contribution >= 4 is 5.91 Å². The summed E-state index contributed by atoms with van der Waals surface area (Å²) >= 11 is 0. The number of nitrogens with zero attached hydrogens (tertiary/aromatic N) is 4. The third kappa shape index (κ3) is 3.00. The van der Waals surface area contributed by atoms with Crippen LogP contribution >= 0.6 is 0 Å². The van der Waals surface area contributed by atoms with Crippen LogP contribution in [0.15, 0.2) is 24.8 Å². The topological polar surface area (TPSA) is 74.8 Å². The Bertz CT molecular complexity index is 612. The molecular formula is C16H21N5O. The SMILES string of the molecule is CC(C)c1ncc(C(=O)N2CCC(c3ncc[nH]3)CC2)cn1. The fraction of sp³-hybridized carbons (Fsp3) is 0.500. The van der Waals surface area contributed by atoms with Gasteiger partial charge in [-0.1, -0.05) is 13.8 Å². The lowest BCUT2D eigenvalue weighted by Crippen LogP contribution is -2.38. The Morgan fingerprint density at radius 1 is 1.23 bits per heavy atom. The average Bonchev–Trinajstić information content (AvgIpc) is 3.09. The van der Waals surface area contributed by atoms with Crippen LogP contribution in [0, 0.1) is 0 Å². The van der Waals surface area contributed by atoms with Gasteiger partial charge >= 0.3 is 0 Å². The Hall–Kier alpha value is -2.24. The van der Waals surface area contributed by atoms with Gasteiger partial charge in [0.05, 0.1) is 5.56 Å². The Balaban J connectivity index is 1.62. The van der Waals surface area contributed by atoms with Gasteiger partial charge in [0.25, 0.3) is 5.91 Å². The summed E-state index contributed by atoms with van der Waals surface area (Å²) < 4.78 is 0. The van der Waals surface area contributed by atoms with E-state index in [0.717, 1.165) is 37.6 Å². The molecule has 2 aromatic rings. The van der Waals surface area contributed by atoms with Crippen molar-refractivity contribution in [3.05, 3.63) is 42.0 Å². The summed E-state index contributed by atoms with van der Waals surface area (Å²) in [4.78, 5) is 30.4. The first-order chi connectivity index (χ1) is 10.6. The molecule has 0 unspecified atom stereocenters. The minimum Gasteiger partial charge on any atom is -0.348 e. The highest BCUT2D eigenvalue weighted by atomic mass is 16.2. The molecule has 1 saturated heterocycles. The number of nitrogens with one attached hydrogen (secondary N) is 1. The molecule has 0 aliphatic carbocycles. The number of imidazole rings is 1. The molecule has 1 fully saturated rings. The third-order valence-corrected chi connectivity index (χ3v) is 4.12. The van der Waals surface area contributed by atoms with Crippen molar-refractivity contribution in [2.45, 2.75) is 38.5 Å². The van der Waals surface area contributed by atoms with Crippen molar-refractivity contribution in [1.29, 1.82) is 0 Å². The Kier molecular flexibility index (Phi) is 4.18.